The minimum absolute atomic E-state index is 0.209. The average molecular weight is 225 g/mol. The van der Waals surface area contributed by atoms with Gasteiger partial charge in [-0.25, -0.2) is 0 Å². The van der Waals surface area contributed by atoms with Gasteiger partial charge in [0, 0.05) is 6.04 Å². The summed E-state index contributed by atoms with van der Waals surface area (Å²) in [7, 11) is 0. The zero-order valence-electron chi connectivity index (χ0n) is 10.1. The lowest BCUT2D eigenvalue weighted by atomic mass is 9.98. The van der Waals surface area contributed by atoms with Crippen LogP contribution in [0, 0.1) is 5.92 Å². The molecule has 88 valence electrons. The van der Waals surface area contributed by atoms with Crippen molar-refractivity contribution < 1.29 is 0 Å². The molecule has 1 aliphatic carbocycles. The van der Waals surface area contributed by atoms with Gasteiger partial charge in [0.2, 0.25) is 0 Å². The minimum Gasteiger partial charge on any atom is -0.324 e. The monoisotopic (exact) mass is 225 g/mol. The third kappa shape index (κ3) is 2.50. The molecule has 0 saturated heterocycles. The summed E-state index contributed by atoms with van der Waals surface area (Å²) in [6, 6.07) is 15.3. The van der Waals surface area contributed by atoms with Gasteiger partial charge in [0.15, 0.2) is 0 Å². The summed E-state index contributed by atoms with van der Waals surface area (Å²) in [6.07, 6.45) is 5.27. The van der Waals surface area contributed by atoms with Crippen LogP contribution in [0.1, 0.15) is 37.3 Å². The van der Waals surface area contributed by atoms with Crippen LogP contribution in [0.4, 0.5) is 0 Å². The minimum atomic E-state index is 0.209. The molecule has 1 saturated carbocycles. The average Bonchev–Trinajstić information content (AvgIpc) is 3.19. The van der Waals surface area contributed by atoms with Crippen LogP contribution in [0.5, 0.6) is 0 Å². The highest BCUT2D eigenvalue weighted by molar-refractivity contribution is 5.83. The Bertz CT molecular complexity index is 514. The molecule has 2 aromatic rings. The van der Waals surface area contributed by atoms with E-state index in [2.05, 4.69) is 42.5 Å². The fourth-order valence-electron chi connectivity index (χ4n) is 2.43. The molecule has 2 N–H and O–H groups in total. The van der Waals surface area contributed by atoms with E-state index in [1.807, 2.05) is 0 Å². The Kier molecular flexibility index (Phi) is 2.86. The van der Waals surface area contributed by atoms with Crippen molar-refractivity contribution >= 4 is 10.8 Å². The Balaban J connectivity index is 1.78. The highest BCUT2D eigenvalue weighted by Gasteiger charge is 2.21. The van der Waals surface area contributed by atoms with Crippen LogP contribution >= 0.6 is 0 Å². The summed E-state index contributed by atoms with van der Waals surface area (Å²) in [5.41, 5.74) is 7.54. The van der Waals surface area contributed by atoms with Gasteiger partial charge in [-0.15, -0.1) is 0 Å². The van der Waals surface area contributed by atoms with Crippen LogP contribution in [0.3, 0.4) is 0 Å². The maximum atomic E-state index is 6.26. The molecule has 1 unspecified atom stereocenters. The van der Waals surface area contributed by atoms with E-state index < -0.39 is 0 Å². The zero-order chi connectivity index (χ0) is 11.7. The number of rotatable bonds is 4. The summed E-state index contributed by atoms with van der Waals surface area (Å²) in [5, 5.41) is 2.59. The van der Waals surface area contributed by atoms with Crippen molar-refractivity contribution in [2.75, 3.05) is 0 Å². The number of hydrogen-bond acceptors (Lipinski definition) is 1. The van der Waals surface area contributed by atoms with Crippen LogP contribution in [-0.4, -0.2) is 0 Å². The van der Waals surface area contributed by atoms with E-state index in [1.54, 1.807) is 0 Å². The quantitative estimate of drug-likeness (QED) is 0.835. The predicted molar refractivity (Wildman–Crippen MR) is 72.8 cm³/mol. The van der Waals surface area contributed by atoms with Gasteiger partial charge >= 0.3 is 0 Å². The van der Waals surface area contributed by atoms with Gasteiger partial charge in [-0.1, -0.05) is 49.2 Å². The van der Waals surface area contributed by atoms with Crippen molar-refractivity contribution in [3.63, 3.8) is 0 Å². The van der Waals surface area contributed by atoms with Crippen molar-refractivity contribution in [3.05, 3.63) is 48.0 Å². The summed E-state index contributed by atoms with van der Waals surface area (Å²) in [4.78, 5) is 0. The molecule has 1 atom stereocenters. The largest absolute Gasteiger partial charge is 0.324 e. The SMILES string of the molecule is NC(CCC1CC1)c1ccc2ccccc2c1. The lowest BCUT2D eigenvalue weighted by Crippen LogP contribution is -2.10. The van der Waals surface area contributed by atoms with E-state index in [-0.39, 0.29) is 6.04 Å². The lowest BCUT2D eigenvalue weighted by molar-refractivity contribution is 0.576. The van der Waals surface area contributed by atoms with Crippen LogP contribution < -0.4 is 5.73 Å². The van der Waals surface area contributed by atoms with Gasteiger partial charge in [0.25, 0.3) is 0 Å². The molecule has 0 radical (unpaired) electrons. The van der Waals surface area contributed by atoms with E-state index in [9.17, 15) is 0 Å². The first-order valence-corrected chi connectivity index (χ1v) is 6.57. The van der Waals surface area contributed by atoms with Gasteiger partial charge in [0.05, 0.1) is 0 Å². The molecule has 0 bridgehead atoms. The van der Waals surface area contributed by atoms with E-state index in [0.717, 1.165) is 12.3 Å². The van der Waals surface area contributed by atoms with Crippen molar-refractivity contribution in [3.8, 4) is 0 Å². The summed E-state index contributed by atoms with van der Waals surface area (Å²) < 4.78 is 0. The molecule has 2 aromatic carbocycles. The molecular formula is C16H19N. The van der Waals surface area contributed by atoms with Crippen LogP contribution in [0.15, 0.2) is 42.5 Å². The van der Waals surface area contributed by atoms with Gasteiger partial charge in [0.1, 0.15) is 0 Å². The second-order valence-electron chi connectivity index (χ2n) is 5.23. The first kappa shape index (κ1) is 10.8. The van der Waals surface area contributed by atoms with Crippen LogP contribution in [0.25, 0.3) is 10.8 Å². The molecule has 3 rings (SSSR count). The molecular weight excluding hydrogens is 206 g/mol. The van der Waals surface area contributed by atoms with E-state index >= 15 is 0 Å². The normalized spacial score (nSPS) is 17.2. The van der Waals surface area contributed by atoms with E-state index in [4.69, 9.17) is 5.73 Å². The van der Waals surface area contributed by atoms with Crippen molar-refractivity contribution in [1.29, 1.82) is 0 Å². The number of benzene rings is 2. The molecule has 1 fully saturated rings. The third-order valence-electron chi connectivity index (χ3n) is 3.78. The number of hydrogen-bond donors (Lipinski definition) is 1. The summed E-state index contributed by atoms with van der Waals surface area (Å²) in [6.45, 7) is 0. The van der Waals surface area contributed by atoms with E-state index in [1.165, 1.54) is 35.6 Å². The second-order valence-corrected chi connectivity index (χ2v) is 5.23. The Morgan fingerprint density at radius 3 is 2.59 bits per heavy atom. The highest BCUT2D eigenvalue weighted by atomic mass is 14.6. The van der Waals surface area contributed by atoms with Gasteiger partial charge in [-0.2, -0.15) is 0 Å². The Morgan fingerprint density at radius 1 is 1.06 bits per heavy atom. The fraction of sp³-hybridized carbons (Fsp3) is 0.375. The standard InChI is InChI=1S/C16H19N/c17-16(10-7-12-5-6-12)15-9-8-13-3-1-2-4-14(13)11-15/h1-4,8-9,11-12,16H,5-7,10,17H2. The molecule has 0 spiro atoms. The summed E-state index contributed by atoms with van der Waals surface area (Å²) in [5.74, 6) is 0.974. The molecule has 0 aliphatic heterocycles. The fourth-order valence-corrected chi connectivity index (χ4v) is 2.43. The zero-order valence-corrected chi connectivity index (χ0v) is 10.1. The van der Waals surface area contributed by atoms with Gasteiger partial charge < -0.3 is 5.73 Å². The molecule has 0 heterocycles. The smallest absolute Gasteiger partial charge is 0.0295 e. The molecule has 1 nitrogen and oxygen atoms in total. The topological polar surface area (TPSA) is 26.0 Å². The third-order valence-corrected chi connectivity index (χ3v) is 3.78. The number of fused-ring (bicyclic) bond motifs is 1. The molecule has 0 amide bonds. The Hall–Kier alpha value is -1.34. The molecule has 1 heteroatoms. The summed E-state index contributed by atoms with van der Waals surface area (Å²) >= 11 is 0. The molecule has 1 aliphatic rings. The molecule has 17 heavy (non-hydrogen) atoms. The molecule has 0 aromatic heterocycles. The predicted octanol–water partition coefficient (Wildman–Crippen LogP) is 4.03. The maximum absolute atomic E-state index is 6.26. The maximum Gasteiger partial charge on any atom is 0.0295 e. The van der Waals surface area contributed by atoms with Crippen LogP contribution in [0.2, 0.25) is 0 Å². The Labute approximate surface area is 103 Å². The van der Waals surface area contributed by atoms with Crippen LogP contribution in [-0.2, 0) is 0 Å². The first-order valence-electron chi connectivity index (χ1n) is 6.57. The highest BCUT2D eigenvalue weighted by Crippen LogP contribution is 2.35. The lowest BCUT2D eigenvalue weighted by Gasteiger charge is -2.12. The van der Waals surface area contributed by atoms with Gasteiger partial charge in [-0.05, 0) is 41.2 Å². The second kappa shape index (κ2) is 4.50. The van der Waals surface area contributed by atoms with E-state index in [0.29, 0.717) is 0 Å². The first-order chi connectivity index (χ1) is 8.33. The Morgan fingerprint density at radius 2 is 1.82 bits per heavy atom. The number of nitrogens with two attached hydrogens (primary N) is 1. The van der Waals surface area contributed by atoms with Gasteiger partial charge in [-0.3, -0.25) is 0 Å². The van der Waals surface area contributed by atoms with Crippen molar-refractivity contribution in [1.82, 2.24) is 0 Å². The van der Waals surface area contributed by atoms with Crippen molar-refractivity contribution in [2.24, 2.45) is 11.7 Å². The van der Waals surface area contributed by atoms with Crippen molar-refractivity contribution in [2.45, 2.75) is 31.7 Å².